The van der Waals surface area contributed by atoms with Crippen molar-refractivity contribution in [2.45, 2.75) is 56.1 Å². The number of rotatable bonds is 2. The van der Waals surface area contributed by atoms with E-state index in [2.05, 4.69) is 11.0 Å². The summed E-state index contributed by atoms with van der Waals surface area (Å²) in [6.45, 7) is 0.750. The molecule has 1 spiro atoms. The number of hydrogen-bond donors (Lipinski definition) is 0. The second-order valence-corrected chi connectivity index (χ2v) is 8.61. The first-order valence-electron chi connectivity index (χ1n) is 9.85. The molecule has 26 heavy (non-hydrogen) atoms. The minimum Gasteiger partial charge on any atom is -0.493 e. The number of ketones is 1. The SMILES string of the molecule is COc1ccc2c3c1O[C@@H]1C(=O)CC[C@@H]4[C@H](C2)N(C(=O)C2CC2)CC[C@@]314. The molecule has 0 unspecified atom stereocenters. The molecule has 136 valence electrons. The highest BCUT2D eigenvalue weighted by Crippen LogP contribution is 2.63. The molecule has 3 aliphatic carbocycles. The van der Waals surface area contributed by atoms with Gasteiger partial charge in [0.1, 0.15) is 0 Å². The van der Waals surface area contributed by atoms with E-state index in [-0.39, 0.29) is 23.2 Å². The summed E-state index contributed by atoms with van der Waals surface area (Å²) in [7, 11) is 1.66. The summed E-state index contributed by atoms with van der Waals surface area (Å²) in [5.74, 6) is 2.65. The topological polar surface area (TPSA) is 55.8 Å². The molecular weight excluding hydrogens is 330 g/mol. The number of piperidine rings is 1. The average molecular weight is 353 g/mol. The quantitative estimate of drug-likeness (QED) is 0.818. The van der Waals surface area contributed by atoms with Crippen molar-refractivity contribution < 1.29 is 19.1 Å². The third-order valence-corrected chi connectivity index (χ3v) is 7.52. The number of nitrogens with zero attached hydrogens (tertiary/aromatic N) is 1. The number of likely N-dealkylation sites (tertiary alicyclic amines) is 1. The maximum atomic E-state index is 12.9. The summed E-state index contributed by atoms with van der Waals surface area (Å²) in [6.07, 6.45) is 4.82. The number of hydrogen-bond acceptors (Lipinski definition) is 4. The van der Waals surface area contributed by atoms with Gasteiger partial charge in [0.05, 0.1) is 12.5 Å². The van der Waals surface area contributed by atoms with Crippen LogP contribution >= 0.6 is 0 Å². The molecule has 2 saturated carbocycles. The van der Waals surface area contributed by atoms with E-state index in [0.717, 1.165) is 50.1 Å². The Kier molecular flexibility index (Phi) is 2.79. The second kappa shape index (κ2) is 4.81. The standard InChI is InChI=1S/C21H23NO4/c1-25-16-7-4-12-10-14-13-5-6-15(23)19-21(13,17(12)18(16)26-19)8-9-22(14)20(24)11-2-3-11/h4,7,11,13-14,19H,2-3,5-6,8-10H2,1H3/t13-,14+,19-,21-/m1/s1. The fraction of sp³-hybridized carbons (Fsp3) is 0.619. The van der Waals surface area contributed by atoms with E-state index in [9.17, 15) is 9.59 Å². The molecule has 2 heterocycles. The van der Waals surface area contributed by atoms with E-state index in [1.807, 2.05) is 6.07 Å². The van der Waals surface area contributed by atoms with Gasteiger partial charge < -0.3 is 14.4 Å². The van der Waals surface area contributed by atoms with Crippen molar-refractivity contribution in [1.82, 2.24) is 4.90 Å². The minimum atomic E-state index is -0.396. The van der Waals surface area contributed by atoms with Gasteiger partial charge in [0, 0.05) is 30.5 Å². The Labute approximate surface area is 152 Å². The Morgan fingerprint density at radius 3 is 2.92 bits per heavy atom. The maximum absolute atomic E-state index is 12.9. The van der Waals surface area contributed by atoms with Crippen LogP contribution in [0.15, 0.2) is 12.1 Å². The lowest BCUT2D eigenvalue weighted by atomic mass is 9.51. The lowest BCUT2D eigenvalue weighted by Crippen LogP contribution is -2.67. The van der Waals surface area contributed by atoms with E-state index < -0.39 is 6.10 Å². The fourth-order valence-electron chi connectivity index (χ4n) is 6.32. The molecule has 1 aromatic rings. The first-order chi connectivity index (χ1) is 12.6. The molecule has 5 nitrogen and oxygen atoms in total. The van der Waals surface area contributed by atoms with Crippen LogP contribution in [-0.2, 0) is 21.4 Å². The van der Waals surface area contributed by atoms with Crippen molar-refractivity contribution in [3.05, 3.63) is 23.3 Å². The molecule has 3 fully saturated rings. The normalized spacial score (nSPS) is 36.4. The van der Waals surface area contributed by atoms with Gasteiger partial charge >= 0.3 is 0 Å². The van der Waals surface area contributed by atoms with Gasteiger partial charge in [0.15, 0.2) is 23.4 Å². The highest BCUT2D eigenvalue weighted by molar-refractivity contribution is 5.89. The van der Waals surface area contributed by atoms with E-state index >= 15 is 0 Å². The maximum Gasteiger partial charge on any atom is 0.225 e. The zero-order valence-corrected chi connectivity index (χ0v) is 15.0. The van der Waals surface area contributed by atoms with Gasteiger partial charge in [-0.05, 0) is 49.7 Å². The number of amides is 1. The number of benzene rings is 1. The van der Waals surface area contributed by atoms with Gasteiger partial charge in [-0.15, -0.1) is 0 Å². The largest absolute Gasteiger partial charge is 0.493 e. The molecule has 2 bridgehead atoms. The molecule has 6 rings (SSSR count). The van der Waals surface area contributed by atoms with Crippen molar-refractivity contribution in [2.75, 3.05) is 13.7 Å². The van der Waals surface area contributed by atoms with Crippen LogP contribution in [0.2, 0.25) is 0 Å². The van der Waals surface area contributed by atoms with Crippen LogP contribution in [0.3, 0.4) is 0 Å². The molecule has 5 heteroatoms. The van der Waals surface area contributed by atoms with E-state index in [0.29, 0.717) is 18.2 Å². The van der Waals surface area contributed by atoms with Crippen molar-refractivity contribution in [3.63, 3.8) is 0 Å². The molecule has 0 radical (unpaired) electrons. The molecule has 1 amide bonds. The van der Waals surface area contributed by atoms with Crippen molar-refractivity contribution in [2.24, 2.45) is 11.8 Å². The molecule has 1 saturated heterocycles. The Balaban J connectivity index is 1.54. The number of carbonyl (C=O) groups is 2. The first kappa shape index (κ1) is 15.1. The van der Waals surface area contributed by atoms with Crippen molar-refractivity contribution >= 4 is 11.7 Å². The first-order valence-corrected chi connectivity index (χ1v) is 9.85. The van der Waals surface area contributed by atoms with Crippen LogP contribution in [-0.4, -0.2) is 42.4 Å². The number of Topliss-reactive ketones (excluding diaryl/α,β-unsaturated/α-hetero) is 1. The third-order valence-electron chi connectivity index (χ3n) is 7.52. The molecule has 0 N–H and O–H groups in total. The minimum absolute atomic E-state index is 0.211. The van der Waals surface area contributed by atoms with Gasteiger partial charge in [0.25, 0.3) is 0 Å². The van der Waals surface area contributed by atoms with Gasteiger partial charge in [0.2, 0.25) is 5.91 Å². The van der Waals surface area contributed by atoms with Crippen molar-refractivity contribution in [1.29, 1.82) is 0 Å². The molecule has 0 aromatic heterocycles. The van der Waals surface area contributed by atoms with Crippen LogP contribution in [0.1, 0.15) is 43.2 Å². The third kappa shape index (κ3) is 1.63. The van der Waals surface area contributed by atoms with Crippen LogP contribution in [0.5, 0.6) is 11.5 Å². The summed E-state index contributed by atoms with van der Waals surface area (Å²) in [5.41, 5.74) is 2.21. The molecule has 5 aliphatic rings. The molecule has 4 atom stereocenters. The Bertz CT molecular complexity index is 845. The smallest absolute Gasteiger partial charge is 0.225 e. The molecular formula is C21H23NO4. The zero-order valence-electron chi connectivity index (χ0n) is 15.0. The van der Waals surface area contributed by atoms with Gasteiger partial charge in [-0.2, -0.15) is 0 Å². The zero-order chi connectivity index (χ0) is 17.6. The summed E-state index contributed by atoms with van der Waals surface area (Å²) in [5, 5.41) is 0. The Morgan fingerprint density at radius 1 is 1.31 bits per heavy atom. The summed E-state index contributed by atoms with van der Waals surface area (Å²) >= 11 is 0. The number of methoxy groups -OCH3 is 1. The van der Waals surface area contributed by atoms with Gasteiger partial charge in [-0.1, -0.05) is 6.07 Å². The Hall–Kier alpha value is -2.04. The van der Waals surface area contributed by atoms with E-state index in [1.165, 1.54) is 11.1 Å². The molecule has 2 aliphatic heterocycles. The van der Waals surface area contributed by atoms with E-state index in [4.69, 9.17) is 9.47 Å². The number of carbonyl (C=O) groups excluding carboxylic acids is 2. The van der Waals surface area contributed by atoms with Crippen LogP contribution < -0.4 is 9.47 Å². The van der Waals surface area contributed by atoms with Crippen LogP contribution in [0.25, 0.3) is 0 Å². The van der Waals surface area contributed by atoms with Crippen LogP contribution in [0.4, 0.5) is 0 Å². The number of ether oxygens (including phenoxy) is 2. The predicted octanol–water partition coefficient (Wildman–Crippen LogP) is 2.24. The van der Waals surface area contributed by atoms with Gasteiger partial charge in [-0.3, -0.25) is 9.59 Å². The summed E-state index contributed by atoms with van der Waals surface area (Å²) in [4.78, 5) is 27.9. The monoisotopic (exact) mass is 353 g/mol. The van der Waals surface area contributed by atoms with Crippen LogP contribution in [0, 0.1) is 11.8 Å². The fourth-order valence-corrected chi connectivity index (χ4v) is 6.32. The highest BCUT2D eigenvalue weighted by atomic mass is 16.5. The highest BCUT2D eigenvalue weighted by Gasteiger charge is 2.66. The molecule has 1 aromatic carbocycles. The van der Waals surface area contributed by atoms with Gasteiger partial charge in [-0.25, -0.2) is 0 Å². The summed E-state index contributed by atoms with van der Waals surface area (Å²) < 4.78 is 11.8. The predicted molar refractivity (Wildman–Crippen MR) is 93.4 cm³/mol. The lowest BCUT2D eigenvalue weighted by molar-refractivity contribution is -0.149. The Morgan fingerprint density at radius 2 is 2.15 bits per heavy atom. The average Bonchev–Trinajstić information content (AvgIpc) is 3.43. The second-order valence-electron chi connectivity index (χ2n) is 8.61. The van der Waals surface area contributed by atoms with Crippen molar-refractivity contribution in [3.8, 4) is 11.5 Å². The summed E-state index contributed by atoms with van der Waals surface area (Å²) in [6, 6.07) is 4.29. The van der Waals surface area contributed by atoms with E-state index in [1.54, 1.807) is 7.11 Å². The lowest BCUT2D eigenvalue weighted by Gasteiger charge is -2.57.